The number of halogens is 1. The minimum Gasteiger partial charge on any atom is -0.355 e. The van der Waals surface area contributed by atoms with E-state index >= 15 is 0 Å². The van der Waals surface area contributed by atoms with Crippen LogP contribution in [0.15, 0.2) is 4.79 Å². The van der Waals surface area contributed by atoms with E-state index in [1.807, 2.05) is 13.8 Å². The van der Waals surface area contributed by atoms with Crippen molar-refractivity contribution in [1.82, 2.24) is 15.2 Å². The highest BCUT2D eigenvalue weighted by atomic mass is 35.5. The summed E-state index contributed by atoms with van der Waals surface area (Å²) >= 11 is 1.25. The Kier molecular flexibility index (Phi) is 7.09. The second-order valence-corrected chi connectivity index (χ2v) is 7.41. The van der Waals surface area contributed by atoms with E-state index in [2.05, 4.69) is 17.6 Å². The van der Waals surface area contributed by atoms with Crippen molar-refractivity contribution in [1.29, 1.82) is 0 Å². The molecule has 126 valence electrons. The van der Waals surface area contributed by atoms with Gasteiger partial charge in [0.15, 0.2) is 0 Å². The van der Waals surface area contributed by atoms with Gasteiger partial charge in [-0.2, -0.15) is 0 Å². The first kappa shape index (κ1) is 19.2. The van der Waals surface area contributed by atoms with Crippen LogP contribution in [0.25, 0.3) is 0 Å². The van der Waals surface area contributed by atoms with Crippen LogP contribution in [-0.4, -0.2) is 30.1 Å². The van der Waals surface area contributed by atoms with E-state index in [0.717, 1.165) is 43.0 Å². The van der Waals surface area contributed by atoms with E-state index in [1.54, 1.807) is 4.57 Å². The van der Waals surface area contributed by atoms with Crippen molar-refractivity contribution in [3.8, 4) is 0 Å². The number of rotatable bonds is 5. The highest BCUT2D eigenvalue weighted by Gasteiger charge is 2.26. The minimum absolute atomic E-state index is 0. The first-order valence-corrected chi connectivity index (χ1v) is 8.37. The Balaban J connectivity index is 0.00000242. The van der Waals surface area contributed by atoms with E-state index in [0.29, 0.717) is 13.0 Å². The van der Waals surface area contributed by atoms with Gasteiger partial charge in [-0.25, -0.2) is 0 Å². The molecule has 0 saturated carbocycles. The quantitative estimate of drug-likeness (QED) is 0.854. The summed E-state index contributed by atoms with van der Waals surface area (Å²) < 4.78 is 1.70. The second-order valence-electron chi connectivity index (χ2n) is 6.25. The van der Waals surface area contributed by atoms with E-state index in [1.165, 1.54) is 11.3 Å². The van der Waals surface area contributed by atoms with Crippen LogP contribution in [0, 0.1) is 19.3 Å². The monoisotopic (exact) mass is 347 g/mol. The molecule has 1 aromatic rings. The Hall–Kier alpha value is -0.850. The SMILES string of the molecule is Cc1sc(=O)n(CCC(=O)NCC2(C)CCNCC2)c1C.Cl. The lowest BCUT2D eigenvalue weighted by molar-refractivity contribution is -0.121. The fourth-order valence-corrected chi connectivity index (χ4v) is 3.52. The smallest absolute Gasteiger partial charge is 0.307 e. The molecular weight excluding hydrogens is 322 g/mol. The van der Waals surface area contributed by atoms with Crippen LogP contribution in [0.2, 0.25) is 0 Å². The molecule has 0 unspecified atom stereocenters. The van der Waals surface area contributed by atoms with Crippen molar-refractivity contribution < 1.29 is 4.79 Å². The van der Waals surface area contributed by atoms with E-state index in [9.17, 15) is 9.59 Å². The first-order chi connectivity index (χ1) is 9.91. The summed E-state index contributed by atoms with van der Waals surface area (Å²) in [5, 5.41) is 6.37. The number of aryl methyl sites for hydroxylation is 1. The highest BCUT2D eigenvalue weighted by Crippen LogP contribution is 2.26. The van der Waals surface area contributed by atoms with Gasteiger partial charge in [-0.3, -0.25) is 9.59 Å². The van der Waals surface area contributed by atoms with Crippen LogP contribution in [0.5, 0.6) is 0 Å². The van der Waals surface area contributed by atoms with Gasteiger partial charge >= 0.3 is 4.87 Å². The number of nitrogens with one attached hydrogen (secondary N) is 2. The topological polar surface area (TPSA) is 63.1 Å². The summed E-state index contributed by atoms with van der Waals surface area (Å²) in [6.07, 6.45) is 2.55. The molecule has 22 heavy (non-hydrogen) atoms. The number of nitrogens with zero attached hydrogens (tertiary/aromatic N) is 1. The second kappa shape index (κ2) is 8.13. The van der Waals surface area contributed by atoms with Gasteiger partial charge in [-0.1, -0.05) is 18.3 Å². The van der Waals surface area contributed by atoms with E-state index in [4.69, 9.17) is 0 Å². The number of carbonyl (C=O) groups is 1. The van der Waals surface area contributed by atoms with Gasteiger partial charge in [0.1, 0.15) is 0 Å². The van der Waals surface area contributed by atoms with Crippen LogP contribution < -0.4 is 15.5 Å². The predicted octanol–water partition coefficient (Wildman–Crippen LogP) is 1.84. The fraction of sp³-hybridized carbons (Fsp3) is 0.733. The normalized spacial score (nSPS) is 16.9. The van der Waals surface area contributed by atoms with Crippen LogP contribution in [0.1, 0.15) is 36.8 Å². The molecule has 1 aromatic heterocycles. The lowest BCUT2D eigenvalue weighted by Crippen LogP contribution is -2.43. The molecule has 2 rings (SSSR count). The number of piperidine rings is 1. The van der Waals surface area contributed by atoms with Crippen molar-refractivity contribution >= 4 is 29.7 Å². The molecule has 0 atom stereocenters. The molecule has 2 N–H and O–H groups in total. The molecule has 0 aromatic carbocycles. The third-order valence-corrected chi connectivity index (χ3v) is 5.46. The molecule has 0 spiro atoms. The summed E-state index contributed by atoms with van der Waals surface area (Å²) in [6, 6.07) is 0. The molecule has 1 saturated heterocycles. The molecule has 7 heteroatoms. The number of aromatic nitrogens is 1. The summed E-state index contributed by atoms with van der Waals surface area (Å²) in [4.78, 5) is 24.8. The largest absolute Gasteiger partial charge is 0.355 e. The molecule has 1 aliphatic rings. The maximum absolute atomic E-state index is 12.0. The average Bonchev–Trinajstić information content (AvgIpc) is 2.69. The predicted molar refractivity (Wildman–Crippen MR) is 93.1 cm³/mol. The third kappa shape index (κ3) is 4.83. The van der Waals surface area contributed by atoms with Gasteiger partial charge in [0.05, 0.1) is 0 Å². The van der Waals surface area contributed by atoms with Crippen LogP contribution in [0.4, 0.5) is 0 Å². The van der Waals surface area contributed by atoms with Crippen molar-refractivity contribution in [2.24, 2.45) is 5.41 Å². The molecular formula is C15H26ClN3O2S. The van der Waals surface area contributed by atoms with Gasteiger partial charge in [0.25, 0.3) is 0 Å². The van der Waals surface area contributed by atoms with Gasteiger partial charge in [0, 0.05) is 30.1 Å². The summed E-state index contributed by atoms with van der Waals surface area (Å²) in [5.41, 5.74) is 1.18. The molecule has 1 fully saturated rings. The Morgan fingerprint density at radius 1 is 1.36 bits per heavy atom. The highest BCUT2D eigenvalue weighted by molar-refractivity contribution is 7.09. The Morgan fingerprint density at radius 3 is 2.55 bits per heavy atom. The van der Waals surface area contributed by atoms with Crippen LogP contribution >= 0.6 is 23.7 Å². The molecule has 0 bridgehead atoms. The Morgan fingerprint density at radius 2 is 2.00 bits per heavy atom. The first-order valence-electron chi connectivity index (χ1n) is 7.55. The lowest BCUT2D eigenvalue weighted by Gasteiger charge is -2.34. The maximum Gasteiger partial charge on any atom is 0.307 e. The standard InChI is InChI=1S/C15H25N3O2S.ClH/c1-11-12(2)21-14(20)18(11)9-4-13(19)17-10-15(3)5-7-16-8-6-15;/h16H,4-10H2,1-3H3,(H,17,19);1H. The van der Waals surface area contributed by atoms with Crippen molar-refractivity contribution in [3.63, 3.8) is 0 Å². The summed E-state index contributed by atoms with van der Waals surface area (Å²) in [7, 11) is 0. The zero-order chi connectivity index (χ0) is 15.5. The Bertz CT molecular complexity index is 562. The van der Waals surface area contributed by atoms with Crippen molar-refractivity contribution in [2.75, 3.05) is 19.6 Å². The van der Waals surface area contributed by atoms with Crippen molar-refractivity contribution in [3.05, 3.63) is 20.2 Å². The van der Waals surface area contributed by atoms with E-state index < -0.39 is 0 Å². The molecule has 0 radical (unpaired) electrons. The van der Waals surface area contributed by atoms with Crippen molar-refractivity contribution in [2.45, 2.75) is 46.6 Å². The molecule has 1 aliphatic heterocycles. The van der Waals surface area contributed by atoms with Crippen LogP contribution in [0.3, 0.4) is 0 Å². The zero-order valence-electron chi connectivity index (χ0n) is 13.5. The number of thiazole rings is 1. The summed E-state index contributed by atoms with van der Waals surface area (Å²) in [6.45, 7) is 9.34. The lowest BCUT2D eigenvalue weighted by atomic mass is 9.81. The number of carbonyl (C=O) groups excluding carboxylic acids is 1. The summed E-state index contributed by atoms with van der Waals surface area (Å²) in [5.74, 6) is 0.0323. The maximum atomic E-state index is 12.0. The van der Waals surface area contributed by atoms with Gasteiger partial charge in [-0.05, 0) is 45.2 Å². The van der Waals surface area contributed by atoms with E-state index in [-0.39, 0.29) is 28.6 Å². The number of amides is 1. The zero-order valence-corrected chi connectivity index (χ0v) is 15.2. The Labute approximate surface area is 141 Å². The van der Waals surface area contributed by atoms with Gasteiger partial charge in [-0.15, -0.1) is 12.4 Å². The number of hydrogen-bond acceptors (Lipinski definition) is 4. The fourth-order valence-electron chi connectivity index (χ4n) is 2.67. The molecule has 5 nitrogen and oxygen atoms in total. The van der Waals surface area contributed by atoms with Crippen LogP contribution in [-0.2, 0) is 11.3 Å². The number of hydrogen-bond donors (Lipinski definition) is 2. The van der Waals surface area contributed by atoms with Gasteiger partial charge < -0.3 is 15.2 Å². The average molecular weight is 348 g/mol. The van der Waals surface area contributed by atoms with Gasteiger partial charge in [0.2, 0.25) is 5.91 Å². The molecule has 2 heterocycles. The molecule has 0 aliphatic carbocycles. The minimum atomic E-state index is 0. The molecule has 1 amide bonds. The third-order valence-electron chi connectivity index (χ3n) is 4.46.